The second kappa shape index (κ2) is 4.38. The number of aromatic nitrogens is 3. The first-order chi connectivity index (χ1) is 10.2. The van der Waals surface area contributed by atoms with Crippen molar-refractivity contribution in [2.24, 2.45) is 0 Å². The van der Waals surface area contributed by atoms with Crippen LogP contribution in [0.4, 0.5) is 4.39 Å². The Balaban J connectivity index is 2.02. The number of hydrogen-bond acceptors (Lipinski definition) is 2. The van der Waals surface area contributed by atoms with Crippen molar-refractivity contribution in [2.75, 3.05) is 0 Å². The molecule has 0 unspecified atom stereocenters. The van der Waals surface area contributed by atoms with Gasteiger partial charge in [0.05, 0.1) is 11.2 Å². The molecule has 1 N–H and O–H groups in total. The van der Waals surface area contributed by atoms with Gasteiger partial charge in [-0.3, -0.25) is 0 Å². The second-order valence-electron chi connectivity index (χ2n) is 5.09. The summed E-state index contributed by atoms with van der Waals surface area (Å²) in [7, 11) is 0. The number of aryl methyl sites for hydroxylation is 1. The largest absolute Gasteiger partial charge is 0.345 e. The molecule has 3 heterocycles. The predicted molar refractivity (Wildman–Crippen MR) is 81.5 cm³/mol. The average molecular weight is 277 g/mol. The van der Waals surface area contributed by atoms with E-state index in [9.17, 15) is 4.39 Å². The van der Waals surface area contributed by atoms with E-state index in [0.717, 1.165) is 33.2 Å². The zero-order valence-electron chi connectivity index (χ0n) is 11.4. The SMILES string of the molecule is Cc1cc(-c2c[nH]c3ncccc23)nc2cc(F)ccc12. The molecule has 4 rings (SSSR count). The predicted octanol–water partition coefficient (Wildman–Crippen LogP) is 4.23. The molecule has 0 spiro atoms. The topological polar surface area (TPSA) is 41.6 Å². The highest BCUT2D eigenvalue weighted by Gasteiger charge is 2.10. The van der Waals surface area contributed by atoms with Gasteiger partial charge in [0.25, 0.3) is 0 Å². The first-order valence-electron chi connectivity index (χ1n) is 6.72. The highest BCUT2D eigenvalue weighted by atomic mass is 19.1. The number of rotatable bonds is 1. The minimum atomic E-state index is -0.271. The molecule has 0 radical (unpaired) electrons. The molecule has 0 fully saturated rings. The van der Waals surface area contributed by atoms with Gasteiger partial charge in [0.15, 0.2) is 0 Å². The van der Waals surface area contributed by atoms with E-state index < -0.39 is 0 Å². The second-order valence-corrected chi connectivity index (χ2v) is 5.09. The van der Waals surface area contributed by atoms with Crippen molar-refractivity contribution in [1.82, 2.24) is 15.0 Å². The Hall–Kier alpha value is -2.75. The first-order valence-corrected chi connectivity index (χ1v) is 6.72. The van der Waals surface area contributed by atoms with E-state index >= 15 is 0 Å². The molecular formula is C17H12FN3. The number of hydrogen-bond donors (Lipinski definition) is 1. The zero-order valence-corrected chi connectivity index (χ0v) is 11.4. The van der Waals surface area contributed by atoms with Gasteiger partial charge < -0.3 is 4.98 Å². The van der Waals surface area contributed by atoms with Gasteiger partial charge >= 0.3 is 0 Å². The summed E-state index contributed by atoms with van der Waals surface area (Å²) in [6, 6.07) is 10.6. The summed E-state index contributed by atoms with van der Waals surface area (Å²) < 4.78 is 13.4. The Labute approximate surface area is 120 Å². The maximum atomic E-state index is 13.4. The lowest BCUT2D eigenvalue weighted by Crippen LogP contribution is -1.89. The highest BCUT2D eigenvalue weighted by molar-refractivity contribution is 5.94. The molecule has 0 saturated heterocycles. The summed E-state index contributed by atoms with van der Waals surface area (Å²) >= 11 is 0. The van der Waals surface area contributed by atoms with Gasteiger partial charge in [0, 0.05) is 34.8 Å². The molecule has 3 aromatic heterocycles. The van der Waals surface area contributed by atoms with Gasteiger partial charge in [-0.15, -0.1) is 0 Å². The lowest BCUT2D eigenvalue weighted by Gasteiger charge is -2.06. The Morgan fingerprint density at radius 2 is 2.00 bits per heavy atom. The van der Waals surface area contributed by atoms with Crippen LogP contribution >= 0.6 is 0 Å². The lowest BCUT2D eigenvalue weighted by atomic mass is 10.1. The van der Waals surface area contributed by atoms with Gasteiger partial charge in [-0.05, 0) is 42.8 Å². The Morgan fingerprint density at radius 1 is 1.10 bits per heavy atom. The van der Waals surface area contributed by atoms with E-state index in [1.54, 1.807) is 12.3 Å². The number of H-pyrrole nitrogens is 1. The van der Waals surface area contributed by atoms with Gasteiger partial charge in [0.1, 0.15) is 11.5 Å². The van der Waals surface area contributed by atoms with Gasteiger partial charge in [0.2, 0.25) is 0 Å². The summed E-state index contributed by atoms with van der Waals surface area (Å²) in [4.78, 5) is 12.0. The Bertz CT molecular complexity index is 972. The summed E-state index contributed by atoms with van der Waals surface area (Å²) in [6.45, 7) is 2.01. The van der Waals surface area contributed by atoms with Crippen molar-refractivity contribution >= 4 is 21.9 Å². The van der Waals surface area contributed by atoms with Gasteiger partial charge in [-0.2, -0.15) is 0 Å². The van der Waals surface area contributed by atoms with Crippen molar-refractivity contribution < 1.29 is 4.39 Å². The van der Waals surface area contributed by atoms with E-state index in [2.05, 4.69) is 15.0 Å². The molecule has 0 amide bonds. The Kier molecular flexibility index (Phi) is 2.51. The normalized spacial score (nSPS) is 11.3. The highest BCUT2D eigenvalue weighted by Crippen LogP contribution is 2.29. The fourth-order valence-corrected chi connectivity index (χ4v) is 2.68. The molecule has 4 aromatic rings. The summed E-state index contributed by atoms with van der Waals surface area (Å²) in [5.41, 5.74) is 4.37. The lowest BCUT2D eigenvalue weighted by molar-refractivity contribution is 0.629. The molecule has 3 nitrogen and oxygen atoms in total. The number of benzene rings is 1. The molecule has 102 valence electrons. The fraction of sp³-hybridized carbons (Fsp3) is 0.0588. The molecule has 0 aliphatic heterocycles. The average Bonchev–Trinajstić information content (AvgIpc) is 2.90. The van der Waals surface area contributed by atoms with E-state index in [4.69, 9.17) is 0 Å². The Morgan fingerprint density at radius 3 is 2.90 bits per heavy atom. The third-order valence-corrected chi connectivity index (χ3v) is 3.71. The number of halogens is 1. The van der Waals surface area contributed by atoms with Crippen molar-refractivity contribution in [1.29, 1.82) is 0 Å². The third-order valence-electron chi connectivity index (χ3n) is 3.71. The molecular weight excluding hydrogens is 265 g/mol. The van der Waals surface area contributed by atoms with Crippen molar-refractivity contribution in [2.45, 2.75) is 6.92 Å². The molecule has 0 bridgehead atoms. The van der Waals surface area contributed by atoms with Gasteiger partial charge in [-0.1, -0.05) is 0 Å². The van der Waals surface area contributed by atoms with Crippen molar-refractivity contribution in [3.05, 3.63) is 60.2 Å². The van der Waals surface area contributed by atoms with Crippen LogP contribution in [0.25, 0.3) is 33.2 Å². The van der Waals surface area contributed by atoms with Crippen molar-refractivity contribution in [3.8, 4) is 11.3 Å². The van der Waals surface area contributed by atoms with Crippen LogP contribution in [-0.4, -0.2) is 15.0 Å². The number of pyridine rings is 2. The fourth-order valence-electron chi connectivity index (χ4n) is 2.68. The maximum absolute atomic E-state index is 13.4. The first kappa shape index (κ1) is 12.0. The third kappa shape index (κ3) is 1.88. The number of nitrogens with one attached hydrogen (secondary N) is 1. The molecule has 0 atom stereocenters. The van der Waals surface area contributed by atoms with Crippen LogP contribution in [-0.2, 0) is 0 Å². The molecule has 0 saturated carbocycles. The van der Waals surface area contributed by atoms with E-state index in [1.807, 2.05) is 31.3 Å². The minimum Gasteiger partial charge on any atom is -0.345 e. The summed E-state index contributed by atoms with van der Waals surface area (Å²) in [5.74, 6) is -0.271. The van der Waals surface area contributed by atoms with E-state index in [1.165, 1.54) is 12.1 Å². The maximum Gasteiger partial charge on any atom is 0.137 e. The standard InChI is InChI=1S/C17H12FN3/c1-10-7-15(21-16-8-11(18)4-5-12(10)16)14-9-20-17-13(14)3-2-6-19-17/h2-9H,1H3,(H,19,20). The quantitative estimate of drug-likeness (QED) is 0.566. The number of fused-ring (bicyclic) bond motifs is 2. The van der Waals surface area contributed by atoms with E-state index in [-0.39, 0.29) is 5.82 Å². The monoisotopic (exact) mass is 277 g/mol. The molecule has 21 heavy (non-hydrogen) atoms. The van der Waals surface area contributed by atoms with Crippen LogP contribution in [0.3, 0.4) is 0 Å². The molecule has 1 aromatic carbocycles. The van der Waals surface area contributed by atoms with Crippen LogP contribution in [0.15, 0.2) is 48.8 Å². The summed E-state index contributed by atoms with van der Waals surface area (Å²) in [6.07, 6.45) is 3.64. The van der Waals surface area contributed by atoms with Crippen LogP contribution in [0, 0.1) is 12.7 Å². The van der Waals surface area contributed by atoms with Crippen molar-refractivity contribution in [3.63, 3.8) is 0 Å². The molecule has 4 heteroatoms. The number of aromatic amines is 1. The number of nitrogens with zero attached hydrogens (tertiary/aromatic N) is 2. The van der Waals surface area contributed by atoms with Crippen LogP contribution in [0.5, 0.6) is 0 Å². The van der Waals surface area contributed by atoms with Crippen LogP contribution in [0.2, 0.25) is 0 Å². The summed E-state index contributed by atoms with van der Waals surface area (Å²) in [5, 5.41) is 1.98. The van der Waals surface area contributed by atoms with Crippen LogP contribution < -0.4 is 0 Å². The minimum absolute atomic E-state index is 0.271. The smallest absolute Gasteiger partial charge is 0.137 e. The molecule has 0 aliphatic rings. The molecule has 0 aliphatic carbocycles. The zero-order chi connectivity index (χ0) is 14.4. The van der Waals surface area contributed by atoms with E-state index in [0.29, 0.717) is 5.52 Å². The van der Waals surface area contributed by atoms with Gasteiger partial charge in [-0.25, -0.2) is 14.4 Å². The van der Waals surface area contributed by atoms with Crippen LogP contribution in [0.1, 0.15) is 5.56 Å².